The average Bonchev–Trinajstić information content (AvgIpc) is 2.70. The molecule has 3 heteroatoms. The maximum Gasteiger partial charge on any atom is 0.0571 e. The van der Waals surface area contributed by atoms with Crippen molar-refractivity contribution in [1.29, 1.82) is 0 Å². The molecule has 0 aliphatic heterocycles. The molecule has 90 valence electrons. The molecule has 0 saturated carbocycles. The maximum absolute atomic E-state index is 4.39. The first-order chi connectivity index (χ1) is 8.13. The third kappa shape index (κ3) is 2.18. The van der Waals surface area contributed by atoms with Crippen LogP contribution in [0.15, 0.2) is 30.5 Å². The van der Waals surface area contributed by atoms with Crippen LogP contribution in [0, 0.1) is 6.92 Å². The summed E-state index contributed by atoms with van der Waals surface area (Å²) in [6.45, 7) is 5.15. The highest BCUT2D eigenvalue weighted by Crippen LogP contribution is 2.26. The maximum atomic E-state index is 4.39. The summed E-state index contributed by atoms with van der Waals surface area (Å²) >= 11 is 0. The Morgan fingerprint density at radius 2 is 2.06 bits per heavy atom. The lowest BCUT2D eigenvalue weighted by Gasteiger charge is -2.13. The van der Waals surface area contributed by atoms with Gasteiger partial charge in [-0.25, -0.2) is 0 Å². The normalized spacial score (nSPS) is 10.6. The molecule has 0 bridgehead atoms. The fourth-order valence-corrected chi connectivity index (χ4v) is 2.00. The van der Waals surface area contributed by atoms with E-state index in [0.717, 1.165) is 6.54 Å². The Balaban J connectivity index is 2.45. The van der Waals surface area contributed by atoms with Gasteiger partial charge in [0, 0.05) is 37.6 Å². The van der Waals surface area contributed by atoms with Gasteiger partial charge >= 0.3 is 0 Å². The lowest BCUT2D eigenvalue weighted by atomic mass is 10.1. The van der Waals surface area contributed by atoms with E-state index >= 15 is 0 Å². The minimum atomic E-state index is 0.916. The summed E-state index contributed by atoms with van der Waals surface area (Å²) in [7, 11) is 4.11. The Morgan fingerprint density at radius 1 is 1.29 bits per heavy atom. The smallest absolute Gasteiger partial charge is 0.0571 e. The van der Waals surface area contributed by atoms with Crippen LogP contribution in [-0.4, -0.2) is 23.9 Å². The second kappa shape index (κ2) is 4.62. The predicted octanol–water partition coefficient (Wildman–Crippen LogP) is 2.94. The standard InChI is InChI=1S/C14H19N3/c1-5-17-11(2)14(10-15-17)12-7-6-8-13(9-12)16(3)4/h6-10H,5H2,1-4H3. The van der Waals surface area contributed by atoms with Crippen LogP contribution in [0.4, 0.5) is 5.69 Å². The molecule has 2 rings (SSSR count). The average molecular weight is 229 g/mol. The first kappa shape index (κ1) is 11.7. The molecule has 0 aliphatic carbocycles. The minimum Gasteiger partial charge on any atom is -0.378 e. The summed E-state index contributed by atoms with van der Waals surface area (Å²) in [4.78, 5) is 2.11. The van der Waals surface area contributed by atoms with E-state index in [4.69, 9.17) is 0 Å². The van der Waals surface area contributed by atoms with Crippen molar-refractivity contribution >= 4 is 5.69 Å². The largest absolute Gasteiger partial charge is 0.378 e. The highest BCUT2D eigenvalue weighted by molar-refractivity contribution is 5.69. The van der Waals surface area contributed by atoms with E-state index in [-0.39, 0.29) is 0 Å². The molecule has 1 aromatic heterocycles. The monoisotopic (exact) mass is 229 g/mol. The topological polar surface area (TPSA) is 21.1 Å². The van der Waals surface area contributed by atoms with Crippen LogP contribution in [0.25, 0.3) is 11.1 Å². The van der Waals surface area contributed by atoms with Crippen molar-refractivity contribution in [2.24, 2.45) is 0 Å². The summed E-state index contributed by atoms with van der Waals surface area (Å²) in [5.74, 6) is 0. The van der Waals surface area contributed by atoms with Crippen molar-refractivity contribution in [2.45, 2.75) is 20.4 Å². The van der Waals surface area contributed by atoms with Crippen molar-refractivity contribution < 1.29 is 0 Å². The van der Waals surface area contributed by atoms with Gasteiger partial charge in [-0.3, -0.25) is 4.68 Å². The molecule has 2 aromatic rings. The van der Waals surface area contributed by atoms with E-state index < -0.39 is 0 Å². The van der Waals surface area contributed by atoms with Gasteiger partial charge in [0.05, 0.1) is 6.20 Å². The van der Waals surface area contributed by atoms with Crippen LogP contribution in [0.2, 0.25) is 0 Å². The van der Waals surface area contributed by atoms with E-state index in [0.29, 0.717) is 0 Å². The fourth-order valence-electron chi connectivity index (χ4n) is 2.00. The molecular formula is C14H19N3. The zero-order chi connectivity index (χ0) is 12.4. The predicted molar refractivity (Wildman–Crippen MR) is 72.4 cm³/mol. The van der Waals surface area contributed by atoms with Crippen LogP contribution in [0.3, 0.4) is 0 Å². The zero-order valence-corrected chi connectivity index (χ0v) is 10.9. The SMILES string of the molecule is CCn1ncc(-c2cccc(N(C)C)c2)c1C. The van der Waals surface area contributed by atoms with Gasteiger partial charge < -0.3 is 4.90 Å². The van der Waals surface area contributed by atoms with Crippen LogP contribution >= 0.6 is 0 Å². The molecule has 0 saturated heterocycles. The van der Waals surface area contributed by atoms with E-state index in [9.17, 15) is 0 Å². The highest BCUT2D eigenvalue weighted by Gasteiger charge is 2.08. The summed E-state index contributed by atoms with van der Waals surface area (Å²) in [5.41, 5.74) is 4.89. The zero-order valence-electron chi connectivity index (χ0n) is 10.9. The molecule has 3 nitrogen and oxygen atoms in total. The molecule has 0 atom stereocenters. The van der Waals surface area contributed by atoms with Gasteiger partial charge in [0.1, 0.15) is 0 Å². The Labute approximate surface area is 103 Å². The Kier molecular flexibility index (Phi) is 3.18. The van der Waals surface area contributed by atoms with Crippen LogP contribution < -0.4 is 4.90 Å². The minimum absolute atomic E-state index is 0.916. The van der Waals surface area contributed by atoms with E-state index in [1.165, 1.54) is 22.5 Å². The van der Waals surface area contributed by atoms with Crippen LogP contribution in [-0.2, 0) is 6.54 Å². The van der Waals surface area contributed by atoms with Crippen molar-refractivity contribution in [3.05, 3.63) is 36.2 Å². The molecule has 17 heavy (non-hydrogen) atoms. The van der Waals surface area contributed by atoms with Gasteiger partial charge in [0.25, 0.3) is 0 Å². The van der Waals surface area contributed by atoms with E-state index in [1.54, 1.807) is 0 Å². The van der Waals surface area contributed by atoms with E-state index in [2.05, 4.69) is 62.2 Å². The summed E-state index contributed by atoms with van der Waals surface area (Å²) in [5, 5.41) is 4.39. The van der Waals surface area contributed by atoms with Gasteiger partial charge in [-0.15, -0.1) is 0 Å². The molecule has 0 unspecified atom stereocenters. The lowest BCUT2D eigenvalue weighted by Crippen LogP contribution is -2.08. The number of anilines is 1. The molecule has 0 spiro atoms. The number of aryl methyl sites for hydroxylation is 1. The third-order valence-electron chi connectivity index (χ3n) is 3.08. The van der Waals surface area contributed by atoms with Gasteiger partial charge in [0.2, 0.25) is 0 Å². The van der Waals surface area contributed by atoms with E-state index in [1.807, 2.05) is 10.9 Å². The third-order valence-corrected chi connectivity index (χ3v) is 3.08. The molecule has 0 radical (unpaired) electrons. The number of hydrogen-bond donors (Lipinski definition) is 0. The number of aromatic nitrogens is 2. The Hall–Kier alpha value is -1.77. The molecule has 1 heterocycles. The highest BCUT2D eigenvalue weighted by atomic mass is 15.3. The summed E-state index contributed by atoms with van der Waals surface area (Å²) in [6.07, 6.45) is 1.95. The molecular weight excluding hydrogens is 210 g/mol. The number of nitrogens with zero attached hydrogens (tertiary/aromatic N) is 3. The number of hydrogen-bond acceptors (Lipinski definition) is 2. The molecule has 0 fully saturated rings. The van der Waals surface area contributed by atoms with Crippen molar-refractivity contribution in [1.82, 2.24) is 9.78 Å². The Morgan fingerprint density at radius 3 is 2.65 bits per heavy atom. The number of rotatable bonds is 3. The second-order valence-electron chi connectivity index (χ2n) is 4.40. The van der Waals surface area contributed by atoms with Crippen molar-refractivity contribution in [3.63, 3.8) is 0 Å². The van der Waals surface area contributed by atoms with Crippen molar-refractivity contribution in [3.8, 4) is 11.1 Å². The Bertz CT molecular complexity index is 512. The van der Waals surface area contributed by atoms with Gasteiger partial charge in [-0.1, -0.05) is 12.1 Å². The fraction of sp³-hybridized carbons (Fsp3) is 0.357. The van der Waals surface area contributed by atoms with Crippen LogP contribution in [0.1, 0.15) is 12.6 Å². The van der Waals surface area contributed by atoms with Gasteiger partial charge in [0.15, 0.2) is 0 Å². The lowest BCUT2D eigenvalue weighted by molar-refractivity contribution is 0.640. The molecule has 0 amide bonds. The summed E-state index contributed by atoms with van der Waals surface area (Å²) in [6, 6.07) is 8.54. The quantitative estimate of drug-likeness (QED) is 0.807. The molecule has 0 aliphatic rings. The molecule has 1 aromatic carbocycles. The van der Waals surface area contributed by atoms with Gasteiger partial charge in [-0.05, 0) is 31.5 Å². The van der Waals surface area contributed by atoms with Crippen molar-refractivity contribution in [2.75, 3.05) is 19.0 Å². The molecule has 0 N–H and O–H groups in total. The first-order valence-corrected chi connectivity index (χ1v) is 5.93. The number of benzene rings is 1. The summed E-state index contributed by atoms with van der Waals surface area (Å²) < 4.78 is 2.03. The first-order valence-electron chi connectivity index (χ1n) is 5.93. The second-order valence-corrected chi connectivity index (χ2v) is 4.40. The van der Waals surface area contributed by atoms with Gasteiger partial charge in [-0.2, -0.15) is 5.10 Å². The van der Waals surface area contributed by atoms with Crippen LogP contribution in [0.5, 0.6) is 0 Å².